The van der Waals surface area contributed by atoms with Gasteiger partial charge in [0.15, 0.2) is 0 Å². The van der Waals surface area contributed by atoms with Crippen LogP contribution in [0.5, 0.6) is 5.75 Å². The van der Waals surface area contributed by atoms with Crippen LogP contribution < -0.4 is 15.4 Å². The summed E-state index contributed by atoms with van der Waals surface area (Å²) in [5, 5.41) is 6.34. The van der Waals surface area contributed by atoms with Crippen LogP contribution in [0.25, 0.3) is 11.1 Å². The third kappa shape index (κ3) is 4.49. The van der Waals surface area contributed by atoms with Crippen LogP contribution in [0.15, 0.2) is 36.3 Å². The third-order valence-electron chi connectivity index (χ3n) is 5.08. The lowest BCUT2D eigenvalue weighted by Crippen LogP contribution is -2.20. The molecular weight excluding hydrogens is 405 g/mol. The first-order valence-electron chi connectivity index (χ1n) is 9.46. The highest BCUT2D eigenvalue weighted by atomic mass is 19.4. The Balaban J connectivity index is 1.93. The maximum absolute atomic E-state index is 14.9. The van der Waals surface area contributed by atoms with Crippen molar-refractivity contribution in [2.75, 3.05) is 7.11 Å². The second-order valence-electron chi connectivity index (χ2n) is 7.13. The highest BCUT2D eigenvalue weighted by molar-refractivity contribution is 5.71. The van der Waals surface area contributed by atoms with E-state index in [4.69, 9.17) is 4.74 Å². The van der Waals surface area contributed by atoms with Crippen LogP contribution in [0.2, 0.25) is 0 Å². The molecular formula is C21H22F5N3O. The molecule has 0 bridgehead atoms. The predicted molar refractivity (Wildman–Crippen MR) is 103 cm³/mol. The number of hydrogen-bond donors (Lipinski definition) is 2. The second kappa shape index (κ2) is 8.49. The zero-order valence-electron chi connectivity index (χ0n) is 16.7. The Morgan fingerprint density at radius 2 is 1.93 bits per heavy atom. The average molecular weight is 427 g/mol. The highest BCUT2D eigenvalue weighted by Gasteiger charge is 2.34. The highest BCUT2D eigenvalue weighted by Crippen LogP contribution is 2.38. The zero-order chi connectivity index (χ0) is 22.1. The van der Waals surface area contributed by atoms with Crippen molar-refractivity contribution in [2.24, 2.45) is 0 Å². The molecule has 0 fully saturated rings. The van der Waals surface area contributed by atoms with Gasteiger partial charge in [-0.05, 0) is 31.5 Å². The topological polar surface area (TPSA) is 46.2 Å². The molecule has 2 atom stereocenters. The van der Waals surface area contributed by atoms with Crippen LogP contribution in [0.3, 0.4) is 0 Å². The molecule has 162 valence electrons. The largest absolute Gasteiger partial charge is 0.494 e. The minimum atomic E-state index is -4.73. The number of aromatic nitrogens is 1. The van der Waals surface area contributed by atoms with Gasteiger partial charge in [-0.15, -0.1) is 0 Å². The number of halogens is 5. The first-order chi connectivity index (χ1) is 14.1. The van der Waals surface area contributed by atoms with E-state index in [0.717, 1.165) is 36.9 Å². The lowest BCUT2D eigenvalue weighted by atomic mass is 9.99. The van der Waals surface area contributed by atoms with Crippen LogP contribution in [0, 0.1) is 11.6 Å². The van der Waals surface area contributed by atoms with Gasteiger partial charge in [0.05, 0.1) is 19.3 Å². The monoisotopic (exact) mass is 427 g/mol. The maximum atomic E-state index is 14.9. The molecule has 2 aromatic rings. The van der Waals surface area contributed by atoms with E-state index in [1.54, 1.807) is 6.92 Å². The summed E-state index contributed by atoms with van der Waals surface area (Å²) in [6.45, 7) is 3.73. The number of alkyl halides is 3. The quantitative estimate of drug-likeness (QED) is 0.613. The van der Waals surface area contributed by atoms with E-state index in [1.165, 1.54) is 7.11 Å². The Hall–Kier alpha value is -2.84. The van der Waals surface area contributed by atoms with Gasteiger partial charge in [0.2, 0.25) is 0 Å². The summed E-state index contributed by atoms with van der Waals surface area (Å²) in [4.78, 5) is 3.29. The summed E-state index contributed by atoms with van der Waals surface area (Å²) in [5.41, 5.74) is -0.828. The van der Waals surface area contributed by atoms with E-state index in [-0.39, 0.29) is 22.4 Å². The Morgan fingerprint density at radius 3 is 2.53 bits per heavy atom. The molecule has 0 spiro atoms. The molecule has 3 rings (SSSR count). The van der Waals surface area contributed by atoms with Crippen molar-refractivity contribution in [3.05, 3.63) is 59.2 Å². The van der Waals surface area contributed by atoms with Crippen LogP contribution in [0.4, 0.5) is 22.0 Å². The molecule has 1 aromatic heterocycles. The number of benzene rings is 1. The number of methoxy groups -OCH3 is 1. The minimum absolute atomic E-state index is 0.0705. The van der Waals surface area contributed by atoms with Gasteiger partial charge in [-0.2, -0.15) is 13.2 Å². The SMILES string of the molecule is CCC1CC(NC(C)c2cc(F)c(-c3cc(C(F)(F)F)ncc3OC)cc2F)=CN1. The van der Waals surface area contributed by atoms with E-state index in [2.05, 4.69) is 15.6 Å². The lowest BCUT2D eigenvalue weighted by molar-refractivity contribution is -0.141. The van der Waals surface area contributed by atoms with E-state index in [1.807, 2.05) is 13.1 Å². The molecule has 30 heavy (non-hydrogen) atoms. The van der Waals surface area contributed by atoms with Gasteiger partial charge in [-0.1, -0.05) is 6.92 Å². The lowest BCUT2D eigenvalue weighted by Gasteiger charge is -2.19. The summed E-state index contributed by atoms with van der Waals surface area (Å²) < 4.78 is 73.8. The van der Waals surface area contributed by atoms with E-state index < -0.39 is 29.5 Å². The normalized spacial score (nSPS) is 17.3. The molecule has 1 aromatic carbocycles. The number of hydrogen-bond acceptors (Lipinski definition) is 4. The molecule has 9 heteroatoms. The predicted octanol–water partition coefficient (Wildman–Crippen LogP) is 5.32. The molecule has 2 N–H and O–H groups in total. The molecule has 0 aliphatic carbocycles. The fourth-order valence-electron chi connectivity index (χ4n) is 3.39. The molecule has 2 unspecified atom stereocenters. The van der Waals surface area contributed by atoms with Crippen molar-refractivity contribution in [3.8, 4) is 16.9 Å². The molecule has 4 nitrogen and oxygen atoms in total. The van der Waals surface area contributed by atoms with Crippen LogP contribution in [-0.4, -0.2) is 18.1 Å². The van der Waals surface area contributed by atoms with Crippen molar-refractivity contribution >= 4 is 0 Å². The second-order valence-corrected chi connectivity index (χ2v) is 7.13. The Labute approximate surface area is 171 Å². The number of nitrogens with zero attached hydrogens (tertiary/aromatic N) is 1. The number of rotatable bonds is 6. The van der Waals surface area contributed by atoms with Crippen LogP contribution in [0.1, 0.15) is 44.0 Å². The summed E-state index contributed by atoms with van der Waals surface area (Å²) >= 11 is 0. The maximum Gasteiger partial charge on any atom is 0.433 e. The fourth-order valence-corrected chi connectivity index (χ4v) is 3.39. The number of pyridine rings is 1. The van der Waals surface area contributed by atoms with Crippen molar-refractivity contribution in [3.63, 3.8) is 0 Å². The third-order valence-corrected chi connectivity index (χ3v) is 5.08. The van der Waals surface area contributed by atoms with E-state index in [0.29, 0.717) is 12.1 Å². The van der Waals surface area contributed by atoms with Gasteiger partial charge in [0.1, 0.15) is 23.1 Å². The molecule has 0 saturated carbocycles. The van der Waals surface area contributed by atoms with Crippen molar-refractivity contribution < 1.29 is 26.7 Å². The van der Waals surface area contributed by atoms with Gasteiger partial charge in [0, 0.05) is 41.1 Å². The summed E-state index contributed by atoms with van der Waals surface area (Å²) in [6, 6.07) is 2.29. The minimum Gasteiger partial charge on any atom is -0.494 e. The molecule has 1 aliphatic heterocycles. The standard InChI is InChI=1S/C21H22F5N3O/c1-4-12-5-13(9-27-12)29-11(2)14-6-18(23)15(7-17(14)22)16-8-20(21(24,25)26)28-10-19(16)30-3/h6-12,27,29H,4-5H2,1-3H3. The average Bonchev–Trinajstić information content (AvgIpc) is 3.15. The Bertz CT molecular complexity index is 958. The zero-order valence-corrected chi connectivity index (χ0v) is 16.7. The first kappa shape index (κ1) is 21.9. The molecule has 1 aliphatic rings. The molecule has 0 saturated heterocycles. The molecule has 0 amide bonds. The summed E-state index contributed by atoms with van der Waals surface area (Å²) in [7, 11) is 1.22. The Morgan fingerprint density at radius 1 is 1.20 bits per heavy atom. The van der Waals surface area contributed by atoms with Gasteiger partial charge in [-0.25, -0.2) is 13.8 Å². The molecule has 2 heterocycles. The fraction of sp³-hybridized carbons (Fsp3) is 0.381. The van der Waals surface area contributed by atoms with Crippen molar-refractivity contribution in [1.82, 2.24) is 15.6 Å². The smallest absolute Gasteiger partial charge is 0.433 e. The van der Waals surface area contributed by atoms with E-state index >= 15 is 0 Å². The summed E-state index contributed by atoms with van der Waals surface area (Å²) in [6.07, 6.45) is -0.391. The number of ether oxygens (including phenoxy) is 1. The van der Waals surface area contributed by atoms with E-state index in [9.17, 15) is 22.0 Å². The van der Waals surface area contributed by atoms with Gasteiger partial charge in [-0.3, -0.25) is 0 Å². The Kier molecular flexibility index (Phi) is 6.19. The van der Waals surface area contributed by atoms with Crippen molar-refractivity contribution in [2.45, 2.75) is 44.9 Å². The summed E-state index contributed by atoms with van der Waals surface area (Å²) in [5.74, 6) is -1.69. The first-order valence-corrected chi connectivity index (χ1v) is 9.46. The number of nitrogens with one attached hydrogen (secondary N) is 2. The van der Waals surface area contributed by atoms with Crippen LogP contribution >= 0.6 is 0 Å². The van der Waals surface area contributed by atoms with Gasteiger partial charge < -0.3 is 15.4 Å². The molecule has 0 radical (unpaired) electrons. The van der Waals surface area contributed by atoms with Gasteiger partial charge in [0.25, 0.3) is 0 Å². The van der Waals surface area contributed by atoms with Gasteiger partial charge >= 0.3 is 6.18 Å². The van der Waals surface area contributed by atoms with Crippen molar-refractivity contribution in [1.29, 1.82) is 0 Å². The van der Waals surface area contributed by atoms with Crippen LogP contribution in [-0.2, 0) is 6.18 Å².